The average Bonchev–Trinajstić information content (AvgIpc) is 3.65. The Labute approximate surface area is 216 Å². The van der Waals surface area contributed by atoms with Crippen LogP contribution in [0.1, 0.15) is 47.9 Å². The number of methoxy groups -OCH3 is 1. The number of benzene rings is 2. The maximum Gasteiger partial charge on any atom is 0.273 e. The highest BCUT2D eigenvalue weighted by atomic mass is 16.5. The fraction of sp³-hybridized carbons (Fsp3) is 0.321. The van der Waals surface area contributed by atoms with Crippen molar-refractivity contribution in [2.45, 2.75) is 32.9 Å². The smallest absolute Gasteiger partial charge is 0.273 e. The number of carbonyl (C=O) groups excluding carboxylic acids is 1. The molecular formula is C28H31N5O4. The Morgan fingerprint density at radius 2 is 1.78 bits per heavy atom. The molecule has 5 rings (SSSR count). The predicted molar refractivity (Wildman–Crippen MR) is 139 cm³/mol. The number of hydrogen-bond donors (Lipinski definition) is 1. The van der Waals surface area contributed by atoms with Gasteiger partial charge in [0.1, 0.15) is 11.4 Å². The Hall–Kier alpha value is -4.27. The molecule has 0 saturated heterocycles. The van der Waals surface area contributed by atoms with Crippen LogP contribution < -0.4 is 14.2 Å². The molecule has 9 nitrogen and oxygen atoms in total. The monoisotopic (exact) mass is 501 g/mol. The lowest BCUT2D eigenvalue weighted by Gasteiger charge is -2.27. The van der Waals surface area contributed by atoms with Gasteiger partial charge in [0.2, 0.25) is 0 Å². The summed E-state index contributed by atoms with van der Waals surface area (Å²) >= 11 is 0. The van der Waals surface area contributed by atoms with Crippen molar-refractivity contribution < 1.29 is 19.0 Å². The third-order valence-corrected chi connectivity index (χ3v) is 6.48. The molecule has 0 radical (unpaired) electrons. The summed E-state index contributed by atoms with van der Waals surface area (Å²) < 4.78 is 19.0. The Bertz CT molecular complexity index is 1350. The summed E-state index contributed by atoms with van der Waals surface area (Å²) in [6.07, 6.45) is 6.26. The van der Waals surface area contributed by atoms with Crippen molar-refractivity contribution in [3.8, 4) is 28.5 Å². The highest BCUT2D eigenvalue weighted by Crippen LogP contribution is 2.44. The summed E-state index contributed by atoms with van der Waals surface area (Å²) in [7, 11) is 1.64. The fourth-order valence-corrected chi connectivity index (χ4v) is 4.82. The van der Waals surface area contributed by atoms with Crippen molar-refractivity contribution >= 4 is 5.91 Å². The van der Waals surface area contributed by atoms with E-state index in [1.165, 1.54) is 0 Å². The Balaban J connectivity index is 1.55. The molecule has 1 N–H and O–H groups in total. The lowest BCUT2D eigenvalue weighted by atomic mass is 9.95. The van der Waals surface area contributed by atoms with E-state index < -0.39 is 0 Å². The number of aryl methyl sites for hydroxylation is 1. The van der Waals surface area contributed by atoms with E-state index in [4.69, 9.17) is 14.2 Å². The van der Waals surface area contributed by atoms with E-state index in [1.807, 2.05) is 72.0 Å². The second-order valence-corrected chi connectivity index (χ2v) is 8.72. The van der Waals surface area contributed by atoms with Gasteiger partial charge in [-0.15, -0.1) is 0 Å². The quantitative estimate of drug-likeness (QED) is 0.320. The molecule has 0 saturated carbocycles. The summed E-state index contributed by atoms with van der Waals surface area (Å²) in [4.78, 5) is 19.7. The Morgan fingerprint density at radius 1 is 1.00 bits per heavy atom. The standard InChI is InChI=1S/C28H31N5O4/c1-4-36-22-12-9-20(17-23(22)37-5-2)27-24-25(19-7-10-21(35-3)11-8-19)30-31-26(24)28(34)33(27)15-6-14-32-16-13-29-18-32/h7-13,16-18,27H,4-6,14-15H2,1-3H3,(H,30,31). The number of amides is 1. The van der Waals surface area contributed by atoms with Crippen LogP contribution in [0.15, 0.2) is 61.2 Å². The first-order valence-electron chi connectivity index (χ1n) is 12.5. The predicted octanol–water partition coefficient (Wildman–Crippen LogP) is 4.71. The summed E-state index contributed by atoms with van der Waals surface area (Å²) in [5.41, 5.74) is 3.99. The Kier molecular flexibility index (Phi) is 7.11. The summed E-state index contributed by atoms with van der Waals surface area (Å²) in [5.74, 6) is 2.05. The second-order valence-electron chi connectivity index (χ2n) is 8.72. The van der Waals surface area contributed by atoms with Gasteiger partial charge in [-0.1, -0.05) is 6.07 Å². The molecule has 1 atom stereocenters. The zero-order valence-corrected chi connectivity index (χ0v) is 21.3. The van der Waals surface area contributed by atoms with Gasteiger partial charge in [-0.3, -0.25) is 9.89 Å². The molecule has 37 heavy (non-hydrogen) atoms. The van der Waals surface area contributed by atoms with Gasteiger partial charge in [-0.25, -0.2) is 4.98 Å². The summed E-state index contributed by atoms with van der Waals surface area (Å²) in [6, 6.07) is 13.3. The second kappa shape index (κ2) is 10.8. The molecule has 0 bridgehead atoms. The zero-order valence-electron chi connectivity index (χ0n) is 21.3. The highest BCUT2D eigenvalue weighted by Gasteiger charge is 2.42. The summed E-state index contributed by atoms with van der Waals surface area (Å²) in [5, 5.41) is 7.59. The first kappa shape index (κ1) is 24.4. The van der Waals surface area contributed by atoms with Crippen LogP contribution >= 0.6 is 0 Å². The van der Waals surface area contributed by atoms with Crippen molar-refractivity contribution in [3.05, 3.63) is 78.0 Å². The van der Waals surface area contributed by atoms with E-state index >= 15 is 0 Å². The molecule has 2 aromatic carbocycles. The number of rotatable bonds is 11. The molecule has 0 fully saturated rings. The number of nitrogens with one attached hydrogen (secondary N) is 1. The van der Waals surface area contributed by atoms with Gasteiger partial charge in [0.25, 0.3) is 5.91 Å². The van der Waals surface area contributed by atoms with Crippen LogP contribution in [-0.4, -0.2) is 57.4 Å². The van der Waals surface area contributed by atoms with Gasteiger partial charge >= 0.3 is 0 Å². The number of imidazole rings is 1. The minimum absolute atomic E-state index is 0.0651. The van der Waals surface area contributed by atoms with E-state index in [2.05, 4.69) is 15.2 Å². The van der Waals surface area contributed by atoms with Crippen LogP contribution in [0.2, 0.25) is 0 Å². The third kappa shape index (κ3) is 4.76. The fourth-order valence-electron chi connectivity index (χ4n) is 4.82. The molecule has 3 heterocycles. The minimum Gasteiger partial charge on any atom is -0.497 e. The normalized spacial score (nSPS) is 14.6. The maximum atomic E-state index is 13.7. The van der Waals surface area contributed by atoms with Crippen LogP contribution in [-0.2, 0) is 6.54 Å². The van der Waals surface area contributed by atoms with Gasteiger partial charge < -0.3 is 23.7 Å². The van der Waals surface area contributed by atoms with Crippen molar-refractivity contribution in [2.24, 2.45) is 0 Å². The number of nitrogens with zero attached hydrogens (tertiary/aromatic N) is 4. The van der Waals surface area contributed by atoms with Gasteiger partial charge in [0.05, 0.1) is 38.4 Å². The topological polar surface area (TPSA) is 94.5 Å². The van der Waals surface area contributed by atoms with Crippen molar-refractivity contribution in [3.63, 3.8) is 0 Å². The van der Waals surface area contributed by atoms with Crippen LogP contribution in [0.4, 0.5) is 0 Å². The van der Waals surface area contributed by atoms with Crippen molar-refractivity contribution in [2.75, 3.05) is 26.9 Å². The van der Waals surface area contributed by atoms with Crippen molar-refractivity contribution in [1.82, 2.24) is 24.6 Å². The van der Waals surface area contributed by atoms with Crippen LogP contribution in [0, 0.1) is 0 Å². The lowest BCUT2D eigenvalue weighted by molar-refractivity contribution is 0.0739. The van der Waals surface area contributed by atoms with Crippen LogP contribution in [0.3, 0.4) is 0 Å². The molecular weight excluding hydrogens is 470 g/mol. The highest BCUT2D eigenvalue weighted by molar-refractivity contribution is 6.00. The molecule has 1 unspecified atom stereocenters. The Morgan fingerprint density at radius 3 is 2.49 bits per heavy atom. The molecule has 1 aliphatic heterocycles. The lowest BCUT2D eigenvalue weighted by Crippen LogP contribution is -2.31. The molecule has 0 aliphatic carbocycles. The number of carbonyl (C=O) groups is 1. The largest absolute Gasteiger partial charge is 0.497 e. The average molecular weight is 502 g/mol. The van der Waals surface area contributed by atoms with Crippen LogP contribution in [0.25, 0.3) is 11.3 Å². The van der Waals surface area contributed by atoms with Gasteiger partial charge in [-0.2, -0.15) is 5.10 Å². The van der Waals surface area contributed by atoms with Crippen molar-refractivity contribution in [1.29, 1.82) is 0 Å². The maximum absolute atomic E-state index is 13.7. The van der Waals surface area contributed by atoms with Gasteiger partial charge in [-0.05, 0) is 62.2 Å². The zero-order chi connectivity index (χ0) is 25.8. The third-order valence-electron chi connectivity index (χ3n) is 6.48. The van der Waals surface area contributed by atoms with E-state index in [-0.39, 0.29) is 11.9 Å². The number of ether oxygens (including phenoxy) is 3. The van der Waals surface area contributed by atoms with Crippen LogP contribution in [0.5, 0.6) is 17.2 Å². The molecule has 1 aliphatic rings. The molecule has 2 aromatic heterocycles. The van der Waals surface area contributed by atoms with Gasteiger partial charge in [0, 0.05) is 36.6 Å². The first-order chi connectivity index (χ1) is 18.1. The van der Waals surface area contributed by atoms with E-state index in [0.717, 1.165) is 41.1 Å². The van der Waals surface area contributed by atoms with E-state index in [9.17, 15) is 4.79 Å². The van der Waals surface area contributed by atoms with Gasteiger partial charge in [0.15, 0.2) is 11.5 Å². The molecule has 0 spiro atoms. The SMILES string of the molecule is CCOc1ccc(C2c3c(-c4ccc(OC)cc4)n[nH]c3C(=O)N2CCCn2ccnc2)cc1OCC. The number of aromatic nitrogens is 4. The molecule has 1 amide bonds. The molecule has 192 valence electrons. The first-order valence-corrected chi connectivity index (χ1v) is 12.5. The minimum atomic E-state index is -0.323. The molecule has 4 aromatic rings. The van der Waals surface area contributed by atoms with E-state index in [0.29, 0.717) is 37.0 Å². The number of hydrogen-bond acceptors (Lipinski definition) is 6. The number of H-pyrrole nitrogens is 1. The number of aromatic amines is 1. The summed E-state index contributed by atoms with van der Waals surface area (Å²) in [6.45, 7) is 6.27. The van der Waals surface area contributed by atoms with E-state index in [1.54, 1.807) is 19.6 Å². The molecule has 9 heteroatoms. The number of fused-ring (bicyclic) bond motifs is 1.